The van der Waals surface area contributed by atoms with Crippen molar-refractivity contribution in [3.8, 4) is 11.8 Å². The van der Waals surface area contributed by atoms with Crippen LogP contribution in [0.5, 0.6) is 0 Å². The van der Waals surface area contributed by atoms with E-state index in [2.05, 4.69) is 6.07 Å². The van der Waals surface area contributed by atoms with Gasteiger partial charge in [-0.05, 0) is 53.4 Å². The summed E-state index contributed by atoms with van der Waals surface area (Å²) in [5.74, 6) is 0. The Kier molecular flexibility index (Phi) is 4.40. The first-order valence-electron chi connectivity index (χ1n) is 8.06. The number of nitrogens with zero attached hydrogens (tertiary/aromatic N) is 3. The van der Waals surface area contributed by atoms with Crippen molar-refractivity contribution in [3.63, 3.8) is 0 Å². The first kappa shape index (κ1) is 17.3. The fourth-order valence-corrected chi connectivity index (χ4v) is 3.93. The molecule has 2 aromatic heterocycles. The number of hydrogen-bond donors (Lipinski definition) is 0. The minimum absolute atomic E-state index is 0.259. The van der Waals surface area contributed by atoms with Gasteiger partial charge >= 0.3 is 5.69 Å². The number of rotatable bonds is 3. The molecule has 0 fully saturated rings. The van der Waals surface area contributed by atoms with Crippen LogP contribution in [-0.2, 0) is 6.54 Å². The molecule has 7 heteroatoms. The van der Waals surface area contributed by atoms with Crippen LogP contribution in [0.3, 0.4) is 0 Å². The number of halogens is 1. The summed E-state index contributed by atoms with van der Waals surface area (Å²) in [5, 5.41) is 11.4. The van der Waals surface area contributed by atoms with E-state index in [1.165, 1.54) is 11.3 Å². The summed E-state index contributed by atoms with van der Waals surface area (Å²) in [6, 6.07) is 17.5. The predicted octanol–water partition coefficient (Wildman–Crippen LogP) is 3.79. The molecule has 0 aliphatic rings. The molecule has 27 heavy (non-hydrogen) atoms. The second-order valence-corrected chi connectivity index (χ2v) is 7.29. The van der Waals surface area contributed by atoms with Crippen LogP contribution in [0.4, 0.5) is 0 Å². The lowest BCUT2D eigenvalue weighted by Crippen LogP contribution is -2.38. The quantitative estimate of drug-likeness (QED) is 0.531. The van der Waals surface area contributed by atoms with Gasteiger partial charge in [0.25, 0.3) is 5.56 Å². The summed E-state index contributed by atoms with van der Waals surface area (Å²) < 4.78 is 3.21. The zero-order chi connectivity index (χ0) is 19.0. The zero-order valence-corrected chi connectivity index (χ0v) is 15.5. The Labute approximate surface area is 162 Å². The molecule has 0 saturated heterocycles. The summed E-state index contributed by atoms with van der Waals surface area (Å²) in [7, 11) is 0. The molecule has 0 unspecified atom stereocenters. The average molecular weight is 394 g/mol. The zero-order valence-electron chi connectivity index (χ0n) is 13.9. The Balaban J connectivity index is 1.96. The van der Waals surface area contributed by atoms with E-state index in [9.17, 15) is 9.59 Å². The topological polar surface area (TPSA) is 67.8 Å². The standard InChI is InChI=1S/C20H12ClN3O2S/c21-15-4-6-16(7-5-15)24-19(25)18-17(8-9-27-18)23(20(24)26)12-14-3-1-2-13(10-14)11-22/h1-10H,12H2. The lowest BCUT2D eigenvalue weighted by Gasteiger charge is -2.12. The van der Waals surface area contributed by atoms with Crippen molar-refractivity contribution < 1.29 is 0 Å². The van der Waals surface area contributed by atoms with Gasteiger partial charge in [-0.15, -0.1) is 11.3 Å². The van der Waals surface area contributed by atoms with Crippen LogP contribution in [0.15, 0.2) is 69.6 Å². The summed E-state index contributed by atoms with van der Waals surface area (Å²) in [6.07, 6.45) is 0. The maximum atomic E-state index is 13.2. The minimum Gasteiger partial charge on any atom is -0.288 e. The predicted molar refractivity (Wildman–Crippen MR) is 107 cm³/mol. The highest BCUT2D eigenvalue weighted by Crippen LogP contribution is 2.18. The van der Waals surface area contributed by atoms with Crippen LogP contribution < -0.4 is 11.2 Å². The number of thiophene rings is 1. The average Bonchev–Trinajstić information content (AvgIpc) is 3.17. The maximum absolute atomic E-state index is 13.2. The molecule has 0 radical (unpaired) electrons. The van der Waals surface area contributed by atoms with Crippen LogP contribution in [0.25, 0.3) is 15.9 Å². The maximum Gasteiger partial charge on any atom is 0.336 e. The minimum atomic E-state index is -0.435. The van der Waals surface area contributed by atoms with Crippen molar-refractivity contribution in [1.29, 1.82) is 5.26 Å². The van der Waals surface area contributed by atoms with Crippen LogP contribution in [0, 0.1) is 11.3 Å². The lowest BCUT2D eigenvalue weighted by molar-refractivity contribution is 0.716. The SMILES string of the molecule is N#Cc1cccc(Cn2c(=O)n(-c3ccc(Cl)cc3)c(=O)c3sccc32)c1. The molecular formula is C20H12ClN3O2S. The van der Waals surface area contributed by atoms with Crippen molar-refractivity contribution in [3.05, 3.63) is 97.0 Å². The normalized spacial score (nSPS) is 10.8. The van der Waals surface area contributed by atoms with Gasteiger partial charge in [0, 0.05) is 5.02 Å². The van der Waals surface area contributed by atoms with E-state index >= 15 is 0 Å². The molecular weight excluding hydrogens is 382 g/mol. The van der Waals surface area contributed by atoms with Gasteiger partial charge < -0.3 is 0 Å². The number of nitriles is 1. The van der Waals surface area contributed by atoms with Gasteiger partial charge in [-0.25, -0.2) is 9.36 Å². The van der Waals surface area contributed by atoms with Crippen LogP contribution in [0.1, 0.15) is 11.1 Å². The van der Waals surface area contributed by atoms with E-state index in [1.807, 2.05) is 6.07 Å². The number of benzene rings is 2. The van der Waals surface area contributed by atoms with E-state index < -0.39 is 5.69 Å². The molecule has 0 saturated carbocycles. The first-order chi connectivity index (χ1) is 13.1. The Hall–Kier alpha value is -3.14. The van der Waals surface area contributed by atoms with E-state index in [1.54, 1.807) is 58.5 Å². The molecule has 0 aliphatic heterocycles. The molecule has 4 aromatic rings. The van der Waals surface area contributed by atoms with Gasteiger partial charge in [-0.1, -0.05) is 23.7 Å². The smallest absolute Gasteiger partial charge is 0.288 e. The molecule has 0 atom stereocenters. The third-order valence-electron chi connectivity index (χ3n) is 4.24. The number of hydrogen-bond acceptors (Lipinski definition) is 4. The van der Waals surface area contributed by atoms with Crippen LogP contribution >= 0.6 is 22.9 Å². The summed E-state index contributed by atoms with van der Waals surface area (Å²) in [6.45, 7) is 0.259. The fraction of sp³-hybridized carbons (Fsp3) is 0.0500. The van der Waals surface area contributed by atoms with Gasteiger partial charge in [0.2, 0.25) is 0 Å². The molecule has 0 aliphatic carbocycles. The Morgan fingerprint density at radius 3 is 2.59 bits per heavy atom. The van der Waals surface area contributed by atoms with Crippen molar-refractivity contribution in [2.75, 3.05) is 0 Å². The molecule has 4 rings (SSSR count). The summed E-state index contributed by atoms with van der Waals surface area (Å²) in [5.41, 5.74) is 1.59. The second-order valence-electron chi connectivity index (χ2n) is 5.93. The summed E-state index contributed by atoms with van der Waals surface area (Å²) in [4.78, 5) is 26.1. The number of fused-ring (bicyclic) bond motifs is 1. The summed E-state index contributed by atoms with van der Waals surface area (Å²) >= 11 is 7.22. The van der Waals surface area contributed by atoms with Gasteiger partial charge in [-0.2, -0.15) is 5.26 Å². The van der Waals surface area contributed by atoms with E-state index in [4.69, 9.17) is 16.9 Å². The monoisotopic (exact) mass is 393 g/mol. The van der Waals surface area contributed by atoms with Gasteiger partial charge in [0.1, 0.15) is 4.70 Å². The third kappa shape index (κ3) is 3.08. The van der Waals surface area contributed by atoms with Gasteiger partial charge in [0.15, 0.2) is 0 Å². The Morgan fingerprint density at radius 1 is 1.07 bits per heavy atom. The highest BCUT2D eigenvalue weighted by Gasteiger charge is 2.16. The Morgan fingerprint density at radius 2 is 1.85 bits per heavy atom. The molecule has 0 N–H and O–H groups in total. The second kappa shape index (κ2) is 6.88. The van der Waals surface area contributed by atoms with Crippen molar-refractivity contribution in [1.82, 2.24) is 9.13 Å². The molecule has 2 aromatic carbocycles. The van der Waals surface area contributed by atoms with E-state index in [-0.39, 0.29) is 12.1 Å². The largest absolute Gasteiger partial charge is 0.336 e. The van der Waals surface area contributed by atoms with Gasteiger partial charge in [-0.3, -0.25) is 9.36 Å². The van der Waals surface area contributed by atoms with E-state index in [0.29, 0.717) is 26.5 Å². The molecule has 0 spiro atoms. The molecule has 132 valence electrons. The molecule has 5 nitrogen and oxygen atoms in total. The lowest BCUT2D eigenvalue weighted by atomic mass is 10.1. The first-order valence-corrected chi connectivity index (χ1v) is 9.32. The molecule has 0 bridgehead atoms. The Bertz CT molecular complexity index is 1310. The highest BCUT2D eigenvalue weighted by atomic mass is 35.5. The van der Waals surface area contributed by atoms with Crippen molar-refractivity contribution in [2.45, 2.75) is 6.54 Å². The van der Waals surface area contributed by atoms with Crippen LogP contribution in [0.2, 0.25) is 5.02 Å². The molecule has 0 amide bonds. The van der Waals surface area contributed by atoms with Gasteiger partial charge in [0.05, 0.1) is 29.4 Å². The van der Waals surface area contributed by atoms with E-state index in [0.717, 1.165) is 10.1 Å². The molecule has 2 heterocycles. The third-order valence-corrected chi connectivity index (χ3v) is 5.38. The van der Waals surface area contributed by atoms with Crippen molar-refractivity contribution in [2.24, 2.45) is 0 Å². The number of aromatic nitrogens is 2. The van der Waals surface area contributed by atoms with Crippen molar-refractivity contribution >= 4 is 33.2 Å². The fourth-order valence-electron chi connectivity index (χ4n) is 2.98. The highest BCUT2D eigenvalue weighted by molar-refractivity contribution is 7.17. The van der Waals surface area contributed by atoms with Crippen LogP contribution in [-0.4, -0.2) is 9.13 Å².